The zero-order chi connectivity index (χ0) is 18.9. The standard InChI is InChI=1S/C21H35NO4/c1-3-4-8-17(23)14-22-21(25)20-16-12-11-15(13-16)18(20)9-6-5-7-10-19(24)26-2/h6,9,15-18,20,23H,3-5,7-8,10-14H2,1-2H3,(H,22,25). The molecule has 2 fully saturated rings. The van der Waals surface area contributed by atoms with Gasteiger partial charge in [0.2, 0.25) is 5.91 Å². The minimum Gasteiger partial charge on any atom is -0.469 e. The summed E-state index contributed by atoms with van der Waals surface area (Å²) in [7, 11) is 1.41. The molecule has 5 heteroatoms. The lowest BCUT2D eigenvalue weighted by atomic mass is 9.78. The smallest absolute Gasteiger partial charge is 0.305 e. The number of nitrogens with one attached hydrogen (secondary N) is 1. The Hall–Kier alpha value is -1.36. The number of carbonyl (C=O) groups is 2. The summed E-state index contributed by atoms with van der Waals surface area (Å²) in [5.41, 5.74) is 0. The highest BCUT2D eigenvalue weighted by Gasteiger charge is 2.49. The van der Waals surface area contributed by atoms with Crippen LogP contribution in [0.3, 0.4) is 0 Å². The van der Waals surface area contributed by atoms with E-state index in [-0.39, 0.29) is 17.8 Å². The van der Waals surface area contributed by atoms with E-state index < -0.39 is 6.10 Å². The number of unbranched alkanes of at least 4 members (excludes halogenated alkanes) is 2. The average Bonchev–Trinajstić information content (AvgIpc) is 3.25. The molecule has 0 aliphatic heterocycles. The van der Waals surface area contributed by atoms with E-state index in [1.807, 2.05) is 0 Å². The number of aliphatic hydroxyl groups is 1. The molecule has 5 unspecified atom stereocenters. The van der Waals surface area contributed by atoms with Crippen molar-refractivity contribution >= 4 is 11.9 Å². The molecule has 2 bridgehead atoms. The molecule has 0 spiro atoms. The third kappa shape index (κ3) is 5.83. The number of fused-ring (bicyclic) bond motifs is 2. The third-order valence-electron chi connectivity index (χ3n) is 6.02. The number of rotatable bonds is 11. The minimum atomic E-state index is -0.440. The van der Waals surface area contributed by atoms with Crippen LogP contribution in [0.4, 0.5) is 0 Å². The first-order chi connectivity index (χ1) is 12.6. The number of aliphatic hydroxyl groups excluding tert-OH is 1. The average molecular weight is 366 g/mol. The Bertz CT molecular complexity index is 490. The van der Waals surface area contributed by atoms with Crippen molar-refractivity contribution < 1.29 is 19.4 Å². The Labute approximate surface area is 157 Å². The van der Waals surface area contributed by atoms with Gasteiger partial charge in [0.05, 0.1) is 13.2 Å². The van der Waals surface area contributed by atoms with Crippen LogP contribution in [0, 0.1) is 23.7 Å². The van der Waals surface area contributed by atoms with E-state index in [1.54, 1.807) is 0 Å². The monoisotopic (exact) mass is 365 g/mol. The molecule has 2 N–H and O–H groups in total. The summed E-state index contributed by atoms with van der Waals surface area (Å²) >= 11 is 0. The summed E-state index contributed by atoms with van der Waals surface area (Å²) in [5, 5.41) is 13.0. The first-order valence-electron chi connectivity index (χ1n) is 10.3. The fourth-order valence-electron chi connectivity index (χ4n) is 4.60. The molecule has 0 aromatic carbocycles. The topological polar surface area (TPSA) is 75.6 Å². The lowest BCUT2D eigenvalue weighted by molar-refractivity contribution is -0.140. The number of ether oxygens (including phenoxy) is 1. The van der Waals surface area contributed by atoms with Crippen LogP contribution in [0.1, 0.15) is 64.7 Å². The summed E-state index contributed by atoms with van der Waals surface area (Å²) in [5.74, 6) is 1.38. The maximum atomic E-state index is 12.7. The van der Waals surface area contributed by atoms with Crippen molar-refractivity contribution in [1.29, 1.82) is 0 Å². The fraction of sp³-hybridized carbons (Fsp3) is 0.810. The largest absolute Gasteiger partial charge is 0.469 e. The first kappa shape index (κ1) is 20.9. The van der Waals surface area contributed by atoms with E-state index in [9.17, 15) is 14.7 Å². The highest BCUT2D eigenvalue weighted by molar-refractivity contribution is 5.80. The van der Waals surface area contributed by atoms with E-state index in [0.717, 1.165) is 44.9 Å². The second-order valence-electron chi connectivity index (χ2n) is 7.87. The van der Waals surface area contributed by atoms with Crippen molar-refractivity contribution in [2.45, 2.75) is 70.8 Å². The number of carbonyl (C=O) groups excluding carboxylic acids is 2. The van der Waals surface area contributed by atoms with Crippen molar-refractivity contribution in [3.05, 3.63) is 12.2 Å². The van der Waals surface area contributed by atoms with Gasteiger partial charge in [0.15, 0.2) is 0 Å². The van der Waals surface area contributed by atoms with Crippen molar-refractivity contribution in [2.75, 3.05) is 13.7 Å². The lowest BCUT2D eigenvalue weighted by Crippen LogP contribution is -2.41. The van der Waals surface area contributed by atoms with Crippen molar-refractivity contribution in [1.82, 2.24) is 5.32 Å². The molecule has 2 saturated carbocycles. The maximum absolute atomic E-state index is 12.7. The molecule has 0 aromatic rings. The molecule has 148 valence electrons. The molecule has 0 aromatic heterocycles. The van der Waals surface area contributed by atoms with E-state index >= 15 is 0 Å². The van der Waals surface area contributed by atoms with Gasteiger partial charge in [0, 0.05) is 18.9 Å². The summed E-state index contributed by atoms with van der Waals surface area (Å²) in [6.07, 6.45) is 12.3. The molecule has 0 heterocycles. The second kappa shape index (κ2) is 10.7. The van der Waals surface area contributed by atoms with Crippen LogP contribution in [0.5, 0.6) is 0 Å². The van der Waals surface area contributed by atoms with Gasteiger partial charge in [0.25, 0.3) is 0 Å². The van der Waals surface area contributed by atoms with Crippen LogP contribution >= 0.6 is 0 Å². The minimum absolute atomic E-state index is 0.0454. The lowest BCUT2D eigenvalue weighted by Gasteiger charge is -2.28. The zero-order valence-corrected chi connectivity index (χ0v) is 16.3. The Kier molecular flexibility index (Phi) is 8.63. The number of amides is 1. The molecule has 0 saturated heterocycles. The maximum Gasteiger partial charge on any atom is 0.305 e. The molecule has 26 heavy (non-hydrogen) atoms. The Morgan fingerprint density at radius 1 is 1.27 bits per heavy atom. The van der Waals surface area contributed by atoms with E-state index in [1.165, 1.54) is 13.5 Å². The second-order valence-corrected chi connectivity index (χ2v) is 7.87. The molecule has 2 rings (SSSR count). The molecule has 2 aliphatic rings. The highest BCUT2D eigenvalue weighted by Crippen LogP contribution is 2.52. The van der Waals surface area contributed by atoms with Crippen molar-refractivity contribution in [3.8, 4) is 0 Å². The van der Waals surface area contributed by atoms with Crippen molar-refractivity contribution in [3.63, 3.8) is 0 Å². The van der Waals surface area contributed by atoms with Gasteiger partial charge >= 0.3 is 5.97 Å². The zero-order valence-electron chi connectivity index (χ0n) is 16.3. The SMILES string of the molecule is CCCCC(O)CNC(=O)C1C2CCC(C2)C1C=CCCCC(=O)OC. The van der Waals surface area contributed by atoms with Gasteiger partial charge in [-0.15, -0.1) is 0 Å². The molecule has 0 radical (unpaired) electrons. The van der Waals surface area contributed by atoms with Gasteiger partial charge < -0.3 is 15.2 Å². The van der Waals surface area contributed by atoms with Gasteiger partial charge in [-0.25, -0.2) is 0 Å². The van der Waals surface area contributed by atoms with Crippen LogP contribution in [0.25, 0.3) is 0 Å². The molecule has 5 atom stereocenters. The summed E-state index contributed by atoms with van der Waals surface area (Å²) in [6.45, 7) is 2.46. The molecular weight excluding hydrogens is 330 g/mol. The fourth-order valence-corrected chi connectivity index (χ4v) is 4.60. The normalized spacial score (nSPS) is 28.4. The summed E-state index contributed by atoms with van der Waals surface area (Å²) < 4.78 is 4.65. The Balaban J connectivity index is 1.81. The van der Waals surface area contributed by atoms with Crippen LogP contribution in [0.15, 0.2) is 12.2 Å². The van der Waals surface area contributed by atoms with Gasteiger partial charge in [0.1, 0.15) is 0 Å². The quantitative estimate of drug-likeness (QED) is 0.335. The summed E-state index contributed by atoms with van der Waals surface area (Å²) in [6, 6.07) is 0. The predicted octanol–water partition coefficient (Wildman–Crippen LogP) is 3.22. The summed E-state index contributed by atoms with van der Waals surface area (Å²) in [4.78, 5) is 23.9. The molecule has 5 nitrogen and oxygen atoms in total. The van der Waals surface area contributed by atoms with Crippen LogP contribution in [-0.2, 0) is 14.3 Å². The number of methoxy groups -OCH3 is 1. The molecule has 2 aliphatic carbocycles. The van der Waals surface area contributed by atoms with Gasteiger partial charge in [-0.3, -0.25) is 9.59 Å². The number of hydrogen-bond donors (Lipinski definition) is 2. The first-order valence-corrected chi connectivity index (χ1v) is 10.3. The number of allylic oxidation sites excluding steroid dienone is 2. The van der Waals surface area contributed by atoms with E-state index in [2.05, 4.69) is 29.1 Å². The van der Waals surface area contributed by atoms with Crippen molar-refractivity contribution in [2.24, 2.45) is 23.7 Å². The van der Waals surface area contributed by atoms with Crippen LogP contribution in [0.2, 0.25) is 0 Å². The Morgan fingerprint density at radius 2 is 2.04 bits per heavy atom. The van der Waals surface area contributed by atoms with Crippen LogP contribution in [-0.4, -0.2) is 36.7 Å². The Morgan fingerprint density at radius 3 is 2.77 bits per heavy atom. The van der Waals surface area contributed by atoms with E-state index in [0.29, 0.717) is 30.7 Å². The third-order valence-corrected chi connectivity index (χ3v) is 6.02. The van der Waals surface area contributed by atoms with E-state index in [4.69, 9.17) is 0 Å². The predicted molar refractivity (Wildman–Crippen MR) is 101 cm³/mol. The van der Waals surface area contributed by atoms with Gasteiger partial charge in [-0.05, 0) is 56.3 Å². The van der Waals surface area contributed by atoms with Gasteiger partial charge in [-0.1, -0.05) is 31.9 Å². The number of hydrogen-bond acceptors (Lipinski definition) is 4. The molecular formula is C21H35NO4. The van der Waals surface area contributed by atoms with Gasteiger partial charge in [-0.2, -0.15) is 0 Å². The highest BCUT2D eigenvalue weighted by atomic mass is 16.5. The molecule has 1 amide bonds. The number of esters is 1. The van der Waals surface area contributed by atoms with Crippen LogP contribution < -0.4 is 5.32 Å².